The summed E-state index contributed by atoms with van der Waals surface area (Å²) >= 11 is 1.48. The monoisotopic (exact) mass is 400 g/mol. The van der Waals surface area contributed by atoms with Gasteiger partial charge in [-0.25, -0.2) is 0 Å². The predicted molar refractivity (Wildman–Crippen MR) is 107 cm³/mol. The fraction of sp³-hybridized carbons (Fsp3) is 0.429. The molecule has 3 heterocycles. The summed E-state index contributed by atoms with van der Waals surface area (Å²) in [4.78, 5) is 29.6. The molecule has 0 N–H and O–H groups in total. The van der Waals surface area contributed by atoms with E-state index in [-0.39, 0.29) is 17.9 Å². The number of morpholine rings is 1. The lowest BCUT2D eigenvalue weighted by Gasteiger charge is -2.32. The number of thiophene rings is 1. The minimum atomic E-state index is 0.0186. The molecule has 148 valence electrons. The molecule has 2 fully saturated rings. The largest absolute Gasteiger partial charge is 0.490 e. The number of benzene rings is 1. The van der Waals surface area contributed by atoms with Gasteiger partial charge < -0.3 is 19.3 Å². The summed E-state index contributed by atoms with van der Waals surface area (Å²) in [5.74, 6) is 0.832. The summed E-state index contributed by atoms with van der Waals surface area (Å²) in [5.41, 5.74) is 0.643. The normalized spacial score (nSPS) is 18.1. The standard InChI is InChI=1S/C21H24N2O4S/c24-20(23-10-12-26-13-11-23)16-3-1-4-18(15-16)27-17-6-8-22(9-7-17)21(25)19-5-2-14-28-19/h1-5,14-15,17H,6-13H2. The van der Waals surface area contributed by atoms with E-state index in [1.807, 2.05) is 51.6 Å². The molecule has 4 rings (SSSR count). The fourth-order valence-corrected chi connectivity index (χ4v) is 4.27. The minimum Gasteiger partial charge on any atom is -0.490 e. The molecule has 2 aliphatic heterocycles. The molecule has 0 unspecified atom stereocenters. The lowest BCUT2D eigenvalue weighted by atomic mass is 10.1. The quantitative estimate of drug-likeness (QED) is 0.792. The zero-order valence-corrected chi connectivity index (χ0v) is 16.5. The molecule has 2 aromatic rings. The third-order valence-electron chi connectivity index (χ3n) is 5.14. The smallest absolute Gasteiger partial charge is 0.263 e. The lowest BCUT2D eigenvalue weighted by Crippen LogP contribution is -2.41. The Morgan fingerprint density at radius 1 is 0.964 bits per heavy atom. The zero-order valence-electron chi connectivity index (χ0n) is 15.7. The molecule has 2 saturated heterocycles. The second-order valence-corrected chi connectivity index (χ2v) is 7.97. The van der Waals surface area contributed by atoms with Crippen molar-refractivity contribution in [3.63, 3.8) is 0 Å². The molecule has 2 aliphatic rings. The van der Waals surface area contributed by atoms with Gasteiger partial charge in [0, 0.05) is 44.6 Å². The third-order valence-corrected chi connectivity index (χ3v) is 6.00. The van der Waals surface area contributed by atoms with Gasteiger partial charge in [0.1, 0.15) is 11.9 Å². The van der Waals surface area contributed by atoms with Crippen LogP contribution in [0.5, 0.6) is 5.75 Å². The molecule has 0 saturated carbocycles. The minimum absolute atomic E-state index is 0.0186. The average Bonchev–Trinajstić information content (AvgIpc) is 3.29. The van der Waals surface area contributed by atoms with Crippen molar-refractivity contribution in [2.24, 2.45) is 0 Å². The van der Waals surface area contributed by atoms with E-state index in [2.05, 4.69) is 0 Å². The van der Waals surface area contributed by atoms with Gasteiger partial charge in [0.15, 0.2) is 0 Å². The first-order chi connectivity index (χ1) is 13.7. The predicted octanol–water partition coefficient (Wildman–Crippen LogP) is 2.90. The Kier molecular flexibility index (Phi) is 5.92. The van der Waals surface area contributed by atoms with Crippen LogP contribution in [0.2, 0.25) is 0 Å². The van der Waals surface area contributed by atoms with Crippen LogP contribution >= 0.6 is 11.3 Å². The van der Waals surface area contributed by atoms with E-state index in [1.165, 1.54) is 11.3 Å². The van der Waals surface area contributed by atoms with E-state index in [9.17, 15) is 9.59 Å². The highest BCUT2D eigenvalue weighted by atomic mass is 32.1. The molecule has 0 atom stereocenters. The van der Waals surface area contributed by atoms with Crippen LogP contribution in [0.3, 0.4) is 0 Å². The third kappa shape index (κ3) is 4.36. The second kappa shape index (κ2) is 8.75. The first kappa shape index (κ1) is 19.0. The van der Waals surface area contributed by atoms with Crippen LogP contribution < -0.4 is 4.74 Å². The van der Waals surface area contributed by atoms with E-state index in [0.29, 0.717) is 50.7 Å². The van der Waals surface area contributed by atoms with Crippen molar-refractivity contribution in [1.82, 2.24) is 9.80 Å². The topological polar surface area (TPSA) is 59.1 Å². The van der Waals surface area contributed by atoms with E-state index < -0.39 is 0 Å². The van der Waals surface area contributed by atoms with Crippen molar-refractivity contribution in [3.05, 3.63) is 52.2 Å². The van der Waals surface area contributed by atoms with Gasteiger partial charge in [0.2, 0.25) is 0 Å². The maximum Gasteiger partial charge on any atom is 0.263 e. The first-order valence-corrected chi connectivity index (χ1v) is 10.6. The maximum atomic E-state index is 12.6. The van der Waals surface area contributed by atoms with Gasteiger partial charge in [0.25, 0.3) is 11.8 Å². The summed E-state index contributed by atoms with van der Waals surface area (Å²) < 4.78 is 11.4. The molecule has 0 bridgehead atoms. The number of rotatable bonds is 4. The maximum absolute atomic E-state index is 12.6. The van der Waals surface area contributed by atoms with Crippen LogP contribution in [0.4, 0.5) is 0 Å². The zero-order chi connectivity index (χ0) is 19.3. The summed E-state index contributed by atoms with van der Waals surface area (Å²) in [7, 11) is 0. The van der Waals surface area contributed by atoms with Crippen LogP contribution in [0, 0.1) is 0 Å². The number of likely N-dealkylation sites (tertiary alicyclic amines) is 1. The number of hydrogen-bond donors (Lipinski definition) is 0. The van der Waals surface area contributed by atoms with Gasteiger partial charge in [0.05, 0.1) is 18.1 Å². The number of hydrogen-bond acceptors (Lipinski definition) is 5. The average molecular weight is 401 g/mol. The molecule has 1 aromatic heterocycles. The molecule has 0 radical (unpaired) electrons. The van der Waals surface area contributed by atoms with Crippen molar-refractivity contribution in [3.8, 4) is 5.75 Å². The highest BCUT2D eigenvalue weighted by Gasteiger charge is 2.25. The molecule has 0 spiro atoms. The first-order valence-electron chi connectivity index (χ1n) is 9.67. The highest BCUT2D eigenvalue weighted by Crippen LogP contribution is 2.23. The Labute approximate surface area is 168 Å². The Balaban J connectivity index is 1.33. The summed E-state index contributed by atoms with van der Waals surface area (Å²) in [6.45, 7) is 3.80. The van der Waals surface area contributed by atoms with E-state index in [4.69, 9.17) is 9.47 Å². The molecule has 28 heavy (non-hydrogen) atoms. The number of amides is 2. The highest BCUT2D eigenvalue weighted by molar-refractivity contribution is 7.12. The summed E-state index contributed by atoms with van der Waals surface area (Å²) in [5, 5.41) is 1.92. The molecular formula is C21H24N2O4S. The van der Waals surface area contributed by atoms with Gasteiger partial charge in [-0.2, -0.15) is 0 Å². The fourth-order valence-electron chi connectivity index (χ4n) is 3.58. The van der Waals surface area contributed by atoms with Crippen LogP contribution in [0.25, 0.3) is 0 Å². The second-order valence-electron chi connectivity index (χ2n) is 7.02. The van der Waals surface area contributed by atoms with Gasteiger partial charge in [-0.1, -0.05) is 12.1 Å². The molecule has 2 amide bonds. The van der Waals surface area contributed by atoms with Crippen molar-refractivity contribution in [2.45, 2.75) is 18.9 Å². The summed E-state index contributed by atoms with van der Waals surface area (Å²) in [6, 6.07) is 11.2. The van der Waals surface area contributed by atoms with Crippen LogP contribution in [0.15, 0.2) is 41.8 Å². The van der Waals surface area contributed by atoms with Crippen molar-refractivity contribution in [1.29, 1.82) is 0 Å². The van der Waals surface area contributed by atoms with E-state index in [0.717, 1.165) is 17.7 Å². The summed E-state index contributed by atoms with van der Waals surface area (Å²) in [6.07, 6.45) is 1.64. The number of carbonyl (C=O) groups excluding carboxylic acids is 2. The van der Waals surface area contributed by atoms with E-state index in [1.54, 1.807) is 0 Å². The lowest BCUT2D eigenvalue weighted by molar-refractivity contribution is 0.0302. The number of ether oxygens (including phenoxy) is 2. The number of carbonyl (C=O) groups is 2. The van der Waals surface area contributed by atoms with Crippen molar-refractivity contribution >= 4 is 23.2 Å². The van der Waals surface area contributed by atoms with Crippen molar-refractivity contribution < 1.29 is 19.1 Å². The Hall–Kier alpha value is -2.38. The molecular weight excluding hydrogens is 376 g/mol. The molecule has 6 nitrogen and oxygen atoms in total. The van der Waals surface area contributed by atoms with Gasteiger partial charge >= 0.3 is 0 Å². The molecule has 1 aromatic carbocycles. The van der Waals surface area contributed by atoms with Gasteiger partial charge in [-0.15, -0.1) is 11.3 Å². The van der Waals surface area contributed by atoms with Crippen molar-refractivity contribution in [2.75, 3.05) is 39.4 Å². The molecule has 0 aliphatic carbocycles. The van der Waals surface area contributed by atoms with Crippen LogP contribution in [-0.4, -0.2) is 67.1 Å². The van der Waals surface area contributed by atoms with Gasteiger partial charge in [-0.05, 0) is 29.6 Å². The Bertz CT molecular complexity index is 810. The van der Waals surface area contributed by atoms with Crippen LogP contribution in [0.1, 0.15) is 32.9 Å². The number of piperidine rings is 1. The Morgan fingerprint density at radius 2 is 1.71 bits per heavy atom. The van der Waals surface area contributed by atoms with Crippen LogP contribution in [-0.2, 0) is 4.74 Å². The number of nitrogens with zero attached hydrogens (tertiary/aromatic N) is 2. The van der Waals surface area contributed by atoms with E-state index >= 15 is 0 Å². The SMILES string of the molecule is O=C(c1cccc(OC2CCN(C(=O)c3cccs3)CC2)c1)N1CCOCC1. The Morgan fingerprint density at radius 3 is 2.43 bits per heavy atom. The molecule has 7 heteroatoms. The van der Waals surface area contributed by atoms with Gasteiger partial charge in [-0.3, -0.25) is 9.59 Å².